The summed E-state index contributed by atoms with van der Waals surface area (Å²) in [6.45, 7) is 0. The average molecular weight is 459 g/mol. The molecule has 0 fully saturated rings. The number of carbonyl (C=O) groups is 1. The van der Waals surface area contributed by atoms with Crippen LogP contribution < -0.4 is 10.2 Å². The monoisotopic (exact) mass is 458 g/mol. The number of benzene rings is 4. The Balaban J connectivity index is 1.73. The van der Waals surface area contributed by atoms with Gasteiger partial charge in [-0.1, -0.05) is 54.6 Å². The predicted octanol–water partition coefficient (Wildman–Crippen LogP) is 4.83. The van der Waals surface area contributed by atoms with E-state index in [2.05, 4.69) is 5.32 Å². The molecule has 0 heterocycles. The third-order valence-corrected chi connectivity index (χ3v) is 6.78. The van der Waals surface area contributed by atoms with Crippen LogP contribution >= 0.6 is 0 Å². The van der Waals surface area contributed by atoms with Crippen LogP contribution in [-0.4, -0.2) is 34.7 Å². The molecule has 1 amide bonds. The highest BCUT2D eigenvalue weighted by Gasteiger charge is 2.20. The van der Waals surface area contributed by atoms with E-state index in [9.17, 15) is 13.2 Å². The molecule has 4 aromatic rings. The Morgan fingerprint density at radius 3 is 2.15 bits per heavy atom. The molecular formula is C27H26N2O3S. The lowest BCUT2D eigenvalue weighted by Gasteiger charge is -2.22. The quantitative estimate of drug-likeness (QED) is 0.450. The lowest BCUT2D eigenvalue weighted by Crippen LogP contribution is -2.29. The molecule has 6 heteroatoms. The average Bonchev–Trinajstić information content (AvgIpc) is 2.81. The molecule has 4 rings (SSSR count). The number of nitrogens with zero attached hydrogens (tertiary/aromatic N) is 1. The highest BCUT2D eigenvalue weighted by Crippen LogP contribution is 2.27. The van der Waals surface area contributed by atoms with E-state index in [4.69, 9.17) is 0 Å². The minimum absolute atomic E-state index is 0.201. The molecule has 0 saturated heterocycles. The third kappa shape index (κ3) is 5.07. The van der Waals surface area contributed by atoms with Crippen molar-refractivity contribution >= 4 is 32.2 Å². The van der Waals surface area contributed by atoms with Gasteiger partial charge in [0.25, 0.3) is 5.91 Å². The summed E-state index contributed by atoms with van der Waals surface area (Å²) in [6.07, 6.45) is 1.18. The van der Waals surface area contributed by atoms with Crippen LogP contribution in [0.15, 0.2) is 95.9 Å². The molecule has 0 spiro atoms. The molecule has 0 aliphatic carbocycles. The molecule has 0 aromatic heterocycles. The Bertz CT molecular complexity index is 1410. The zero-order valence-electron chi connectivity index (χ0n) is 18.8. The number of nitrogens with one attached hydrogen (secondary N) is 1. The summed E-state index contributed by atoms with van der Waals surface area (Å²) in [7, 11) is 0.613. The Labute approximate surface area is 194 Å². The summed E-state index contributed by atoms with van der Waals surface area (Å²) in [5.41, 5.74) is 3.27. The fourth-order valence-corrected chi connectivity index (χ4v) is 4.42. The van der Waals surface area contributed by atoms with E-state index in [0.717, 1.165) is 27.6 Å². The van der Waals surface area contributed by atoms with E-state index in [1.165, 1.54) is 6.26 Å². The van der Waals surface area contributed by atoms with Crippen LogP contribution in [0, 0.1) is 0 Å². The first-order valence-electron chi connectivity index (χ1n) is 10.6. The van der Waals surface area contributed by atoms with Gasteiger partial charge in [0.2, 0.25) is 0 Å². The van der Waals surface area contributed by atoms with Crippen LogP contribution in [0.1, 0.15) is 27.5 Å². The van der Waals surface area contributed by atoms with Gasteiger partial charge in [-0.15, -0.1) is 0 Å². The van der Waals surface area contributed by atoms with Crippen LogP contribution in [0.2, 0.25) is 0 Å². The van der Waals surface area contributed by atoms with Crippen LogP contribution in [0.3, 0.4) is 0 Å². The van der Waals surface area contributed by atoms with Gasteiger partial charge in [-0.05, 0) is 58.3 Å². The number of fused-ring (bicyclic) bond motifs is 1. The second kappa shape index (κ2) is 9.08. The van der Waals surface area contributed by atoms with E-state index < -0.39 is 15.9 Å². The predicted molar refractivity (Wildman–Crippen MR) is 134 cm³/mol. The first kappa shape index (κ1) is 22.6. The molecule has 4 aromatic carbocycles. The van der Waals surface area contributed by atoms with Crippen molar-refractivity contribution in [3.05, 3.63) is 108 Å². The zero-order valence-corrected chi connectivity index (χ0v) is 19.6. The molecule has 168 valence electrons. The number of rotatable bonds is 6. The molecule has 33 heavy (non-hydrogen) atoms. The first-order valence-corrected chi connectivity index (χ1v) is 12.5. The molecule has 0 bridgehead atoms. The standard InChI is InChI=1S/C27H26N2O3S/c1-29(2)24-10-6-9-22(18-24)26(20-13-15-25(16-14-20)33(3,31)32)28-27(30)23-12-11-19-7-4-5-8-21(19)17-23/h4-18,26H,1-3H3,(H,28,30). The van der Waals surface area contributed by atoms with Gasteiger partial charge in [-0.2, -0.15) is 0 Å². The Hall–Kier alpha value is -3.64. The largest absolute Gasteiger partial charge is 0.378 e. The van der Waals surface area contributed by atoms with Crippen molar-refractivity contribution in [3.63, 3.8) is 0 Å². The van der Waals surface area contributed by atoms with Crippen LogP contribution in [0.4, 0.5) is 5.69 Å². The van der Waals surface area contributed by atoms with Crippen molar-refractivity contribution in [1.82, 2.24) is 5.32 Å². The molecule has 5 nitrogen and oxygen atoms in total. The van der Waals surface area contributed by atoms with Gasteiger partial charge in [0.1, 0.15) is 0 Å². The molecule has 1 N–H and O–H groups in total. The number of anilines is 1. The Morgan fingerprint density at radius 2 is 1.48 bits per heavy atom. The number of amides is 1. The van der Waals surface area contributed by atoms with E-state index in [1.54, 1.807) is 24.3 Å². The summed E-state index contributed by atoms with van der Waals surface area (Å²) in [5.74, 6) is -0.201. The SMILES string of the molecule is CN(C)c1cccc(C(NC(=O)c2ccc3ccccc3c2)c2ccc(S(C)(=O)=O)cc2)c1. The topological polar surface area (TPSA) is 66.5 Å². The summed E-state index contributed by atoms with van der Waals surface area (Å²) < 4.78 is 23.8. The summed E-state index contributed by atoms with van der Waals surface area (Å²) in [4.78, 5) is 15.5. The molecule has 0 aliphatic rings. The summed E-state index contributed by atoms with van der Waals surface area (Å²) in [5, 5.41) is 5.21. The van der Waals surface area contributed by atoms with Gasteiger partial charge >= 0.3 is 0 Å². The second-order valence-electron chi connectivity index (χ2n) is 8.30. The maximum absolute atomic E-state index is 13.3. The maximum atomic E-state index is 13.3. The molecule has 0 radical (unpaired) electrons. The smallest absolute Gasteiger partial charge is 0.252 e. The number of hydrogen-bond acceptors (Lipinski definition) is 4. The normalized spacial score (nSPS) is 12.3. The van der Waals surface area contributed by atoms with Crippen molar-refractivity contribution in [2.24, 2.45) is 0 Å². The van der Waals surface area contributed by atoms with Crippen molar-refractivity contribution in [1.29, 1.82) is 0 Å². The highest BCUT2D eigenvalue weighted by atomic mass is 32.2. The van der Waals surface area contributed by atoms with Crippen molar-refractivity contribution in [2.75, 3.05) is 25.3 Å². The molecule has 1 unspecified atom stereocenters. The minimum Gasteiger partial charge on any atom is -0.378 e. The van der Waals surface area contributed by atoms with Crippen LogP contribution in [0.25, 0.3) is 10.8 Å². The summed E-state index contributed by atoms with van der Waals surface area (Å²) in [6, 6.07) is 27.7. The highest BCUT2D eigenvalue weighted by molar-refractivity contribution is 7.90. The van der Waals surface area contributed by atoms with Crippen LogP contribution in [0.5, 0.6) is 0 Å². The zero-order chi connectivity index (χ0) is 23.6. The molecular weight excluding hydrogens is 432 g/mol. The number of sulfone groups is 1. The third-order valence-electron chi connectivity index (χ3n) is 5.65. The van der Waals surface area contributed by atoms with Crippen molar-refractivity contribution in [3.8, 4) is 0 Å². The lowest BCUT2D eigenvalue weighted by atomic mass is 9.97. The van der Waals surface area contributed by atoms with Gasteiger partial charge in [-0.25, -0.2) is 8.42 Å². The molecule has 1 atom stereocenters. The van der Waals surface area contributed by atoms with Gasteiger partial charge in [0.15, 0.2) is 9.84 Å². The van der Waals surface area contributed by atoms with Gasteiger partial charge in [0, 0.05) is 31.6 Å². The Morgan fingerprint density at radius 1 is 0.788 bits per heavy atom. The second-order valence-corrected chi connectivity index (χ2v) is 10.3. The summed E-state index contributed by atoms with van der Waals surface area (Å²) >= 11 is 0. The van der Waals surface area contributed by atoms with Gasteiger partial charge < -0.3 is 10.2 Å². The van der Waals surface area contributed by atoms with Gasteiger partial charge in [-0.3, -0.25) is 4.79 Å². The maximum Gasteiger partial charge on any atom is 0.252 e. The number of carbonyl (C=O) groups excluding carboxylic acids is 1. The molecule has 0 saturated carbocycles. The Kier molecular flexibility index (Phi) is 6.20. The molecule has 0 aliphatic heterocycles. The minimum atomic E-state index is -3.31. The van der Waals surface area contributed by atoms with Crippen LogP contribution in [-0.2, 0) is 9.84 Å². The van der Waals surface area contributed by atoms with Gasteiger partial charge in [0.05, 0.1) is 10.9 Å². The van der Waals surface area contributed by atoms with E-state index in [-0.39, 0.29) is 10.8 Å². The van der Waals surface area contributed by atoms with Crippen molar-refractivity contribution in [2.45, 2.75) is 10.9 Å². The number of hydrogen-bond donors (Lipinski definition) is 1. The van der Waals surface area contributed by atoms with Crippen molar-refractivity contribution < 1.29 is 13.2 Å². The van der Waals surface area contributed by atoms with E-state index in [0.29, 0.717) is 5.56 Å². The lowest BCUT2D eigenvalue weighted by molar-refractivity contribution is 0.0943. The fraction of sp³-hybridized carbons (Fsp3) is 0.148. The first-order chi connectivity index (χ1) is 15.7. The van der Waals surface area contributed by atoms with E-state index in [1.807, 2.05) is 85.7 Å². The fourth-order valence-electron chi connectivity index (χ4n) is 3.79. The van der Waals surface area contributed by atoms with E-state index >= 15 is 0 Å².